The largest absolute Gasteiger partial charge is 0.497 e. The molecule has 2 aromatic carbocycles. The predicted molar refractivity (Wildman–Crippen MR) is 161 cm³/mol. The molecule has 0 unspecified atom stereocenters. The lowest BCUT2D eigenvalue weighted by atomic mass is 10.1. The topological polar surface area (TPSA) is 121 Å². The number of ether oxygens (including phenoxy) is 2. The molecule has 10 heteroatoms. The van der Waals surface area contributed by atoms with Crippen molar-refractivity contribution in [2.24, 2.45) is 0 Å². The van der Waals surface area contributed by atoms with Gasteiger partial charge in [-0.1, -0.05) is 42.8 Å². The van der Waals surface area contributed by atoms with E-state index in [9.17, 15) is 5.26 Å². The van der Waals surface area contributed by atoms with Crippen molar-refractivity contribution in [3.63, 3.8) is 0 Å². The van der Waals surface area contributed by atoms with Gasteiger partial charge in [-0.05, 0) is 53.4 Å². The second kappa shape index (κ2) is 12.9. The molecule has 0 bridgehead atoms. The maximum absolute atomic E-state index is 9.31. The summed E-state index contributed by atoms with van der Waals surface area (Å²) in [5.41, 5.74) is 11.7. The van der Waals surface area contributed by atoms with Crippen LogP contribution in [0.5, 0.6) is 11.5 Å². The van der Waals surface area contributed by atoms with Crippen LogP contribution in [0, 0.1) is 11.3 Å². The van der Waals surface area contributed by atoms with Gasteiger partial charge >= 0.3 is 0 Å². The molecule has 2 aromatic heterocycles. The smallest absolute Gasteiger partial charge is 0.157 e. The lowest BCUT2D eigenvalue weighted by Crippen LogP contribution is -2.25. The molecule has 4 N–H and O–H groups in total. The lowest BCUT2D eigenvalue weighted by molar-refractivity contribution is 0.414. The first-order valence-corrected chi connectivity index (χ1v) is 13.1. The normalized spacial score (nSPS) is 10.5. The van der Waals surface area contributed by atoms with Gasteiger partial charge in [0.15, 0.2) is 11.0 Å². The van der Waals surface area contributed by atoms with Gasteiger partial charge in [0.25, 0.3) is 0 Å². The number of hydrogen-bond acceptors (Lipinski definition) is 9. The van der Waals surface area contributed by atoms with Gasteiger partial charge in [-0.2, -0.15) is 5.26 Å². The summed E-state index contributed by atoms with van der Waals surface area (Å²) in [5.74, 6) is 2.70. The standard InChI is InChI=1S/C30H32ClN7O2/c1-5-21-14-22(16-32)35-29(31)28(21)36-26-15-25(34-2)27(33)30(37-26)38(17-19-6-10-23(39-3)11-7-19)18-20-8-12-24(40-4)13-9-20/h6-15H,5,17-18,33H2,1-4H3,(H2,34,36,37). The molecule has 9 nitrogen and oxygen atoms in total. The second-order valence-corrected chi connectivity index (χ2v) is 9.38. The zero-order valence-corrected chi connectivity index (χ0v) is 23.7. The van der Waals surface area contributed by atoms with Crippen molar-refractivity contribution >= 4 is 40.3 Å². The number of nitrogens with two attached hydrogens (primary N) is 1. The Morgan fingerprint density at radius 1 is 0.950 bits per heavy atom. The molecule has 0 saturated carbocycles. The van der Waals surface area contributed by atoms with Gasteiger partial charge in [-0.3, -0.25) is 0 Å². The molecule has 0 fully saturated rings. The van der Waals surface area contributed by atoms with Crippen molar-refractivity contribution < 1.29 is 9.47 Å². The van der Waals surface area contributed by atoms with Crippen LogP contribution < -0.4 is 30.7 Å². The Morgan fingerprint density at radius 2 is 1.52 bits per heavy atom. The number of methoxy groups -OCH3 is 2. The monoisotopic (exact) mass is 557 g/mol. The molecule has 0 aliphatic heterocycles. The van der Waals surface area contributed by atoms with E-state index in [1.54, 1.807) is 20.3 Å². The van der Waals surface area contributed by atoms with Crippen LogP contribution in [-0.2, 0) is 19.5 Å². The molecular weight excluding hydrogens is 526 g/mol. The Morgan fingerprint density at radius 3 is 2.00 bits per heavy atom. The molecule has 4 aromatic rings. The van der Waals surface area contributed by atoms with Crippen LogP contribution >= 0.6 is 11.6 Å². The van der Waals surface area contributed by atoms with E-state index < -0.39 is 0 Å². The molecule has 0 aliphatic rings. The van der Waals surface area contributed by atoms with Crippen LogP contribution in [0.25, 0.3) is 0 Å². The fourth-order valence-electron chi connectivity index (χ4n) is 4.32. The fraction of sp³-hybridized carbons (Fsp3) is 0.233. The third kappa shape index (κ3) is 6.47. The summed E-state index contributed by atoms with van der Waals surface area (Å²) in [6, 6.07) is 21.4. The van der Waals surface area contributed by atoms with Crippen molar-refractivity contribution in [2.75, 3.05) is 42.5 Å². The second-order valence-electron chi connectivity index (χ2n) is 9.02. The van der Waals surface area contributed by atoms with Crippen LogP contribution in [0.2, 0.25) is 5.15 Å². The SMILES string of the molecule is CCc1cc(C#N)nc(Cl)c1Nc1cc(NC)c(N)c(N(Cc2ccc(OC)cc2)Cc2ccc(OC)cc2)n1. The zero-order chi connectivity index (χ0) is 28.6. The first kappa shape index (κ1) is 28.3. The van der Waals surface area contributed by atoms with E-state index in [1.807, 2.05) is 68.6 Å². The highest BCUT2D eigenvalue weighted by molar-refractivity contribution is 6.32. The fourth-order valence-corrected chi connectivity index (χ4v) is 4.58. The zero-order valence-electron chi connectivity index (χ0n) is 23.0. The van der Waals surface area contributed by atoms with E-state index >= 15 is 0 Å². The van der Waals surface area contributed by atoms with Crippen LogP contribution in [0.1, 0.15) is 29.3 Å². The highest BCUT2D eigenvalue weighted by Crippen LogP contribution is 2.36. The van der Waals surface area contributed by atoms with E-state index in [-0.39, 0.29) is 10.8 Å². The summed E-state index contributed by atoms with van der Waals surface area (Å²) in [6.07, 6.45) is 0.654. The van der Waals surface area contributed by atoms with Gasteiger partial charge in [0.2, 0.25) is 0 Å². The number of aromatic nitrogens is 2. The van der Waals surface area contributed by atoms with Crippen LogP contribution in [0.15, 0.2) is 60.7 Å². The molecule has 0 atom stereocenters. The van der Waals surface area contributed by atoms with Gasteiger partial charge in [0, 0.05) is 26.2 Å². The first-order chi connectivity index (χ1) is 19.4. The first-order valence-electron chi connectivity index (χ1n) is 12.7. The highest BCUT2D eigenvalue weighted by atomic mass is 35.5. The van der Waals surface area contributed by atoms with Crippen LogP contribution in [0.4, 0.5) is 28.7 Å². The molecule has 0 amide bonds. The summed E-state index contributed by atoms with van der Waals surface area (Å²) >= 11 is 6.49. The molecule has 2 heterocycles. The van der Waals surface area contributed by atoms with Gasteiger partial charge < -0.3 is 30.7 Å². The van der Waals surface area contributed by atoms with E-state index in [0.29, 0.717) is 48.2 Å². The molecule has 40 heavy (non-hydrogen) atoms. The van der Waals surface area contributed by atoms with E-state index in [2.05, 4.69) is 26.6 Å². The van der Waals surface area contributed by atoms with Gasteiger partial charge in [0.1, 0.15) is 29.1 Å². The van der Waals surface area contributed by atoms with Crippen molar-refractivity contribution in [1.29, 1.82) is 5.26 Å². The number of halogens is 1. The molecule has 206 valence electrons. The minimum Gasteiger partial charge on any atom is -0.497 e. The number of pyridine rings is 2. The number of nitrogens with zero attached hydrogens (tertiary/aromatic N) is 4. The number of rotatable bonds is 11. The molecular formula is C30H32ClN7O2. The number of anilines is 5. The van der Waals surface area contributed by atoms with Crippen molar-refractivity contribution in [1.82, 2.24) is 9.97 Å². The van der Waals surface area contributed by atoms with Crippen molar-refractivity contribution in [2.45, 2.75) is 26.4 Å². The van der Waals surface area contributed by atoms with Crippen LogP contribution in [0.3, 0.4) is 0 Å². The third-order valence-corrected chi connectivity index (χ3v) is 6.75. The summed E-state index contributed by atoms with van der Waals surface area (Å²) in [6.45, 7) is 3.07. The Bertz CT molecular complexity index is 1450. The van der Waals surface area contributed by atoms with E-state index in [4.69, 9.17) is 31.8 Å². The number of nitriles is 1. The Hall–Kier alpha value is -4.68. The van der Waals surface area contributed by atoms with Gasteiger partial charge in [-0.25, -0.2) is 9.97 Å². The summed E-state index contributed by atoms with van der Waals surface area (Å²) < 4.78 is 10.7. The number of hydrogen-bond donors (Lipinski definition) is 3. The highest BCUT2D eigenvalue weighted by Gasteiger charge is 2.19. The van der Waals surface area contributed by atoms with Gasteiger partial charge in [-0.15, -0.1) is 0 Å². The molecule has 0 spiro atoms. The third-order valence-electron chi connectivity index (χ3n) is 6.48. The summed E-state index contributed by atoms with van der Waals surface area (Å²) in [4.78, 5) is 11.3. The molecule has 0 saturated heterocycles. The lowest BCUT2D eigenvalue weighted by Gasteiger charge is -2.27. The maximum atomic E-state index is 9.31. The summed E-state index contributed by atoms with van der Waals surface area (Å²) in [5, 5.41) is 16.0. The number of nitrogens with one attached hydrogen (secondary N) is 2. The van der Waals surface area contributed by atoms with Crippen molar-refractivity contribution in [3.8, 4) is 17.6 Å². The molecule has 4 rings (SSSR count). The Labute approximate surface area is 239 Å². The maximum Gasteiger partial charge on any atom is 0.157 e. The number of benzene rings is 2. The van der Waals surface area contributed by atoms with Crippen molar-refractivity contribution in [3.05, 3.63) is 88.2 Å². The molecule has 0 aliphatic carbocycles. The average molecular weight is 558 g/mol. The predicted octanol–water partition coefficient (Wildman–Crippen LogP) is 6.16. The Kier molecular flexibility index (Phi) is 9.15. The quantitative estimate of drug-likeness (QED) is 0.186. The van der Waals surface area contributed by atoms with E-state index in [0.717, 1.165) is 28.2 Å². The molecule has 0 radical (unpaired) electrons. The summed E-state index contributed by atoms with van der Waals surface area (Å²) in [7, 11) is 5.10. The van der Waals surface area contributed by atoms with E-state index in [1.165, 1.54) is 0 Å². The van der Waals surface area contributed by atoms with Gasteiger partial charge in [0.05, 0.1) is 31.3 Å². The average Bonchev–Trinajstić information content (AvgIpc) is 2.99. The van der Waals surface area contributed by atoms with Crippen LogP contribution in [-0.4, -0.2) is 31.2 Å². The number of nitrogen functional groups attached to an aromatic ring is 1. The Balaban J connectivity index is 1.77. The number of aryl methyl sites for hydroxylation is 1. The minimum absolute atomic E-state index is 0.204. The minimum atomic E-state index is 0.204.